The van der Waals surface area contributed by atoms with E-state index in [1.54, 1.807) is 20.1 Å². The van der Waals surface area contributed by atoms with Crippen molar-refractivity contribution in [1.82, 2.24) is 5.16 Å². The number of hydrogen-bond acceptors (Lipinski definition) is 5. The number of carbonyl (C=O) groups excluding carboxylic acids is 2. The first-order valence-corrected chi connectivity index (χ1v) is 8.75. The predicted molar refractivity (Wildman–Crippen MR) is 96.9 cm³/mol. The Morgan fingerprint density at radius 3 is 2.27 bits per heavy atom. The highest BCUT2D eigenvalue weighted by Crippen LogP contribution is 2.31. The molecule has 2 N–H and O–H groups in total. The van der Waals surface area contributed by atoms with Crippen LogP contribution in [0.1, 0.15) is 31.4 Å². The number of ether oxygens (including phenoxy) is 1. The molecule has 2 amide bonds. The molecule has 2 aromatic rings. The van der Waals surface area contributed by atoms with E-state index in [-0.39, 0.29) is 23.7 Å². The number of aryl methyl sites for hydroxylation is 1. The third-order valence-electron chi connectivity index (χ3n) is 4.71. The highest BCUT2D eigenvalue weighted by atomic mass is 16.5. The maximum atomic E-state index is 12.5. The van der Waals surface area contributed by atoms with Crippen molar-refractivity contribution in [2.45, 2.75) is 32.6 Å². The van der Waals surface area contributed by atoms with Gasteiger partial charge >= 0.3 is 0 Å². The highest BCUT2D eigenvalue weighted by molar-refractivity contribution is 5.95. The first-order valence-electron chi connectivity index (χ1n) is 8.75. The highest BCUT2D eigenvalue weighted by Gasteiger charge is 2.30. The average molecular weight is 357 g/mol. The van der Waals surface area contributed by atoms with Crippen LogP contribution in [-0.4, -0.2) is 24.1 Å². The van der Waals surface area contributed by atoms with E-state index in [1.807, 2.05) is 24.3 Å². The molecule has 1 fully saturated rings. The molecule has 1 aliphatic rings. The normalized spacial score (nSPS) is 19.6. The van der Waals surface area contributed by atoms with E-state index in [1.165, 1.54) is 0 Å². The van der Waals surface area contributed by atoms with E-state index in [2.05, 4.69) is 15.8 Å². The van der Waals surface area contributed by atoms with Gasteiger partial charge < -0.3 is 19.9 Å². The molecule has 0 saturated heterocycles. The summed E-state index contributed by atoms with van der Waals surface area (Å²) in [5, 5.41) is 9.48. The van der Waals surface area contributed by atoms with Gasteiger partial charge in [-0.25, -0.2) is 0 Å². The number of hydrogen-bond donors (Lipinski definition) is 2. The van der Waals surface area contributed by atoms with Gasteiger partial charge in [0.1, 0.15) is 11.5 Å². The molecule has 7 nitrogen and oxygen atoms in total. The summed E-state index contributed by atoms with van der Waals surface area (Å²) in [4.78, 5) is 24.8. The lowest BCUT2D eigenvalue weighted by Gasteiger charge is -2.27. The molecule has 1 heterocycles. The van der Waals surface area contributed by atoms with Crippen LogP contribution in [0.3, 0.4) is 0 Å². The summed E-state index contributed by atoms with van der Waals surface area (Å²) in [6.07, 6.45) is 2.70. The lowest BCUT2D eigenvalue weighted by Crippen LogP contribution is -2.32. The Morgan fingerprint density at radius 1 is 1.08 bits per heavy atom. The Morgan fingerprint density at radius 2 is 1.69 bits per heavy atom. The molecule has 0 bridgehead atoms. The third kappa shape index (κ3) is 4.22. The van der Waals surface area contributed by atoms with Crippen molar-refractivity contribution in [2.75, 3.05) is 17.7 Å². The molecule has 3 rings (SSSR count). The fourth-order valence-electron chi connectivity index (χ4n) is 3.25. The zero-order valence-electron chi connectivity index (χ0n) is 15.0. The number of benzene rings is 1. The Balaban J connectivity index is 1.51. The van der Waals surface area contributed by atoms with Gasteiger partial charge in [-0.15, -0.1) is 0 Å². The van der Waals surface area contributed by atoms with Gasteiger partial charge in [0.05, 0.1) is 12.8 Å². The van der Waals surface area contributed by atoms with E-state index in [4.69, 9.17) is 9.26 Å². The monoisotopic (exact) mass is 357 g/mol. The maximum Gasteiger partial charge on any atom is 0.228 e. The Kier molecular flexibility index (Phi) is 5.55. The topological polar surface area (TPSA) is 93.5 Å². The van der Waals surface area contributed by atoms with Crippen LogP contribution in [0.5, 0.6) is 5.75 Å². The van der Waals surface area contributed by atoms with Crippen LogP contribution in [0, 0.1) is 18.8 Å². The van der Waals surface area contributed by atoms with Crippen molar-refractivity contribution < 1.29 is 18.8 Å². The number of nitrogens with one attached hydrogen (secondary N) is 2. The SMILES string of the molecule is COc1ccccc1NC(=O)C1CCC(C(=O)Nc2cc(C)on2)CC1. The van der Waals surface area contributed by atoms with Gasteiger partial charge in [0.15, 0.2) is 5.82 Å². The van der Waals surface area contributed by atoms with Crippen molar-refractivity contribution in [1.29, 1.82) is 0 Å². The lowest BCUT2D eigenvalue weighted by molar-refractivity contribution is -0.125. The summed E-state index contributed by atoms with van der Waals surface area (Å²) in [6.45, 7) is 1.77. The average Bonchev–Trinajstić information content (AvgIpc) is 3.07. The number of methoxy groups -OCH3 is 1. The van der Waals surface area contributed by atoms with Gasteiger partial charge in [-0.1, -0.05) is 17.3 Å². The molecule has 0 radical (unpaired) electrons. The zero-order valence-corrected chi connectivity index (χ0v) is 15.0. The van der Waals surface area contributed by atoms with E-state index < -0.39 is 0 Å². The number of nitrogens with zero attached hydrogens (tertiary/aromatic N) is 1. The summed E-state index contributed by atoms with van der Waals surface area (Å²) in [5.41, 5.74) is 0.668. The van der Waals surface area contributed by atoms with Crippen molar-refractivity contribution in [2.24, 2.45) is 11.8 Å². The second kappa shape index (κ2) is 8.03. The minimum Gasteiger partial charge on any atom is -0.495 e. The van der Waals surface area contributed by atoms with E-state index in [0.29, 0.717) is 48.7 Å². The van der Waals surface area contributed by atoms with Crippen LogP contribution in [0.25, 0.3) is 0 Å². The molecule has 1 aromatic carbocycles. The number of carbonyl (C=O) groups is 2. The van der Waals surface area contributed by atoms with E-state index in [9.17, 15) is 9.59 Å². The number of rotatable bonds is 5. The summed E-state index contributed by atoms with van der Waals surface area (Å²) in [7, 11) is 1.57. The fraction of sp³-hybridized carbons (Fsp3) is 0.421. The number of anilines is 2. The predicted octanol–water partition coefficient (Wildman–Crippen LogP) is 3.38. The van der Waals surface area contributed by atoms with Crippen LogP contribution in [0.15, 0.2) is 34.9 Å². The molecule has 0 atom stereocenters. The van der Waals surface area contributed by atoms with E-state index in [0.717, 1.165) is 0 Å². The first-order chi connectivity index (χ1) is 12.6. The molecule has 0 unspecified atom stereocenters. The van der Waals surface area contributed by atoms with Crippen LogP contribution in [0.4, 0.5) is 11.5 Å². The van der Waals surface area contributed by atoms with Gasteiger partial charge in [0, 0.05) is 17.9 Å². The summed E-state index contributed by atoms with van der Waals surface area (Å²) >= 11 is 0. The largest absolute Gasteiger partial charge is 0.495 e. The van der Waals surface area contributed by atoms with Crippen molar-refractivity contribution >= 4 is 23.3 Å². The van der Waals surface area contributed by atoms with Crippen LogP contribution < -0.4 is 15.4 Å². The minimum atomic E-state index is -0.109. The van der Waals surface area contributed by atoms with Crippen LogP contribution in [-0.2, 0) is 9.59 Å². The zero-order chi connectivity index (χ0) is 18.5. The standard InChI is InChI=1S/C19H23N3O4/c1-12-11-17(22-26-12)21-19(24)14-9-7-13(8-10-14)18(23)20-15-5-3-4-6-16(15)25-2/h3-6,11,13-14H,7-10H2,1-2H3,(H,20,23)(H,21,22,24). The molecule has 0 aliphatic heterocycles. The van der Waals surface area contributed by atoms with E-state index >= 15 is 0 Å². The molecule has 7 heteroatoms. The smallest absolute Gasteiger partial charge is 0.228 e. The molecule has 1 aliphatic carbocycles. The first kappa shape index (κ1) is 18.0. The minimum absolute atomic E-state index is 0.0273. The number of amides is 2. The molecule has 26 heavy (non-hydrogen) atoms. The molecule has 1 aromatic heterocycles. The van der Waals surface area contributed by atoms with Gasteiger partial charge in [-0.05, 0) is 44.7 Å². The van der Waals surface area contributed by atoms with Crippen molar-refractivity contribution in [3.8, 4) is 5.75 Å². The summed E-state index contributed by atoms with van der Waals surface area (Å²) < 4.78 is 10.2. The molecule has 0 spiro atoms. The molecule has 138 valence electrons. The number of aromatic nitrogens is 1. The molecule has 1 saturated carbocycles. The molecular weight excluding hydrogens is 334 g/mol. The second-order valence-electron chi connectivity index (χ2n) is 6.55. The summed E-state index contributed by atoms with van der Waals surface area (Å²) in [6, 6.07) is 9.02. The fourth-order valence-corrected chi connectivity index (χ4v) is 3.25. The Hall–Kier alpha value is -2.83. The van der Waals surface area contributed by atoms with Crippen LogP contribution >= 0.6 is 0 Å². The van der Waals surface area contributed by atoms with Gasteiger partial charge in [0.2, 0.25) is 11.8 Å². The van der Waals surface area contributed by atoms with Crippen LogP contribution in [0.2, 0.25) is 0 Å². The Bertz CT molecular complexity index is 779. The van der Waals surface area contributed by atoms with Gasteiger partial charge in [0.25, 0.3) is 0 Å². The van der Waals surface area contributed by atoms with Gasteiger partial charge in [-0.3, -0.25) is 9.59 Å². The Labute approximate surface area is 152 Å². The lowest BCUT2D eigenvalue weighted by atomic mass is 9.81. The number of para-hydroxylation sites is 2. The quantitative estimate of drug-likeness (QED) is 0.856. The van der Waals surface area contributed by atoms with Gasteiger partial charge in [-0.2, -0.15) is 0 Å². The third-order valence-corrected chi connectivity index (χ3v) is 4.71. The maximum absolute atomic E-state index is 12.5. The summed E-state index contributed by atoms with van der Waals surface area (Å²) in [5.74, 6) is 1.42. The van der Waals surface area contributed by atoms with Crippen molar-refractivity contribution in [3.05, 3.63) is 36.1 Å². The van der Waals surface area contributed by atoms with Crippen molar-refractivity contribution in [3.63, 3.8) is 0 Å². The molecular formula is C19H23N3O4. The second-order valence-corrected chi connectivity index (χ2v) is 6.55.